The zero-order valence-corrected chi connectivity index (χ0v) is 6.12. The van der Waals surface area contributed by atoms with E-state index >= 15 is 0 Å². The van der Waals surface area contributed by atoms with Crippen molar-refractivity contribution < 1.29 is 19.0 Å². The second kappa shape index (κ2) is 3.67. The molecular weight excluding hydrogens is 151 g/mol. The number of hydrogen-bond donors (Lipinski definition) is 1. The van der Waals surface area contributed by atoms with E-state index in [0.717, 1.165) is 0 Å². The maximum atomic E-state index is 12.9. The highest BCUT2D eigenvalue weighted by atomic mass is 19.1. The number of aliphatic carboxylic acids is 1. The molecule has 0 amide bonds. The molecule has 1 aliphatic rings. The Morgan fingerprint density at radius 2 is 2.09 bits per heavy atom. The lowest BCUT2D eigenvalue weighted by atomic mass is 9.99. The third-order valence-electron chi connectivity index (χ3n) is 1.86. The summed E-state index contributed by atoms with van der Waals surface area (Å²) in [6.45, 7) is 0.697. The van der Waals surface area contributed by atoms with Crippen LogP contribution in [0.4, 0.5) is 4.39 Å². The van der Waals surface area contributed by atoms with Crippen molar-refractivity contribution in [1.29, 1.82) is 0 Å². The standard InChI is InChI=1S/C7H11FO3/c8-6-2-4-11-3-1-5(6)7(9)10/h5-6H,1-4H2,(H,9,10). The maximum absolute atomic E-state index is 12.9. The van der Waals surface area contributed by atoms with Crippen molar-refractivity contribution in [2.75, 3.05) is 13.2 Å². The molecule has 4 heteroatoms. The fourth-order valence-electron chi connectivity index (χ4n) is 1.17. The predicted molar refractivity (Wildman–Crippen MR) is 36.1 cm³/mol. The normalized spacial score (nSPS) is 32.8. The van der Waals surface area contributed by atoms with Gasteiger partial charge >= 0.3 is 5.97 Å². The first-order valence-corrected chi connectivity index (χ1v) is 3.66. The Morgan fingerprint density at radius 3 is 2.73 bits per heavy atom. The highest BCUT2D eigenvalue weighted by molar-refractivity contribution is 5.70. The van der Waals surface area contributed by atoms with Crippen molar-refractivity contribution in [2.24, 2.45) is 5.92 Å². The third-order valence-corrected chi connectivity index (χ3v) is 1.86. The van der Waals surface area contributed by atoms with Crippen LogP contribution in [-0.4, -0.2) is 30.5 Å². The molecule has 1 aliphatic heterocycles. The molecule has 0 aliphatic carbocycles. The van der Waals surface area contributed by atoms with Crippen LogP contribution in [0.25, 0.3) is 0 Å². The summed E-state index contributed by atoms with van der Waals surface area (Å²) < 4.78 is 17.8. The summed E-state index contributed by atoms with van der Waals surface area (Å²) in [6, 6.07) is 0. The molecule has 0 bridgehead atoms. The number of carboxylic acids is 1. The van der Waals surface area contributed by atoms with Gasteiger partial charge in [-0.25, -0.2) is 4.39 Å². The van der Waals surface area contributed by atoms with Crippen LogP contribution in [0.2, 0.25) is 0 Å². The lowest BCUT2D eigenvalue weighted by Crippen LogP contribution is -2.24. The van der Waals surface area contributed by atoms with Crippen molar-refractivity contribution >= 4 is 5.97 Å². The van der Waals surface area contributed by atoms with Crippen LogP contribution < -0.4 is 0 Å². The molecule has 11 heavy (non-hydrogen) atoms. The van der Waals surface area contributed by atoms with Crippen LogP contribution in [0.1, 0.15) is 12.8 Å². The summed E-state index contributed by atoms with van der Waals surface area (Å²) >= 11 is 0. The van der Waals surface area contributed by atoms with E-state index in [4.69, 9.17) is 9.84 Å². The van der Waals surface area contributed by atoms with Crippen molar-refractivity contribution in [3.63, 3.8) is 0 Å². The minimum Gasteiger partial charge on any atom is -0.481 e. The van der Waals surface area contributed by atoms with Gasteiger partial charge in [0.15, 0.2) is 0 Å². The van der Waals surface area contributed by atoms with E-state index in [1.165, 1.54) is 0 Å². The quantitative estimate of drug-likeness (QED) is 0.621. The molecule has 1 fully saturated rings. The first-order chi connectivity index (χ1) is 5.22. The van der Waals surface area contributed by atoms with Crippen LogP contribution in [-0.2, 0) is 9.53 Å². The predicted octanol–water partition coefficient (Wildman–Crippen LogP) is 0.836. The van der Waals surface area contributed by atoms with E-state index in [1.807, 2.05) is 0 Å². The van der Waals surface area contributed by atoms with E-state index in [0.29, 0.717) is 13.2 Å². The minimum absolute atomic E-state index is 0.205. The average Bonchev–Trinajstić information content (AvgIpc) is 2.13. The van der Waals surface area contributed by atoms with Gasteiger partial charge in [-0.2, -0.15) is 0 Å². The highest BCUT2D eigenvalue weighted by Gasteiger charge is 2.29. The van der Waals surface area contributed by atoms with Gasteiger partial charge < -0.3 is 9.84 Å². The number of alkyl halides is 1. The van der Waals surface area contributed by atoms with Crippen molar-refractivity contribution in [3.8, 4) is 0 Å². The number of rotatable bonds is 1. The summed E-state index contributed by atoms with van der Waals surface area (Å²) in [5, 5.41) is 8.54. The molecule has 0 aromatic heterocycles. The molecule has 1 rings (SSSR count). The molecule has 64 valence electrons. The van der Waals surface area contributed by atoms with E-state index in [2.05, 4.69) is 0 Å². The monoisotopic (exact) mass is 162 g/mol. The largest absolute Gasteiger partial charge is 0.481 e. The maximum Gasteiger partial charge on any atom is 0.309 e. The molecule has 0 spiro atoms. The summed E-state index contributed by atoms with van der Waals surface area (Å²) in [5.74, 6) is -1.92. The Bertz CT molecular complexity index is 149. The molecule has 2 atom stereocenters. The highest BCUT2D eigenvalue weighted by Crippen LogP contribution is 2.19. The third kappa shape index (κ3) is 2.15. The first kappa shape index (κ1) is 8.46. The summed E-state index contributed by atoms with van der Waals surface area (Å²) in [7, 11) is 0. The topological polar surface area (TPSA) is 46.5 Å². The van der Waals surface area contributed by atoms with Gasteiger partial charge in [-0.3, -0.25) is 4.79 Å². The molecule has 1 heterocycles. The van der Waals surface area contributed by atoms with Crippen molar-refractivity contribution in [1.82, 2.24) is 0 Å². The summed E-state index contributed by atoms with van der Waals surface area (Å²) in [6.07, 6.45) is -0.747. The fraction of sp³-hybridized carbons (Fsp3) is 0.857. The first-order valence-electron chi connectivity index (χ1n) is 3.66. The molecule has 0 aromatic carbocycles. The second-order valence-electron chi connectivity index (χ2n) is 2.65. The lowest BCUT2D eigenvalue weighted by Gasteiger charge is -2.11. The van der Waals surface area contributed by atoms with Crippen LogP contribution in [0.3, 0.4) is 0 Å². The molecule has 0 saturated carbocycles. The van der Waals surface area contributed by atoms with Crippen molar-refractivity contribution in [3.05, 3.63) is 0 Å². The van der Waals surface area contributed by atoms with Crippen molar-refractivity contribution in [2.45, 2.75) is 19.0 Å². The minimum atomic E-state index is -1.24. The zero-order chi connectivity index (χ0) is 8.27. The van der Waals surface area contributed by atoms with E-state index in [9.17, 15) is 9.18 Å². The molecule has 0 aromatic rings. The molecular formula is C7H11FO3. The van der Waals surface area contributed by atoms with Crippen LogP contribution in [0, 0.1) is 5.92 Å². The Kier molecular flexibility index (Phi) is 2.82. The van der Waals surface area contributed by atoms with E-state index in [-0.39, 0.29) is 12.8 Å². The Hall–Kier alpha value is -0.640. The Balaban J connectivity index is 2.52. The number of hydrogen-bond acceptors (Lipinski definition) is 2. The molecule has 1 saturated heterocycles. The van der Waals surface area contributed by atoms with Gasteiger partial charge in [0.1, 0.15) is 6.17 Å². The summed E-state index contributed by atoms with van der Waals surface area (Å²) in [4.78, 5) is 10.4. The fourth-order valence-corrected chi connectivity index (χ4v) is 1.17. The van der Waals surface area contributed by atoms with Crippen LogP contribution >= 0.6 is 0 Å². The SMILES string of the molecule is O=C(O)C1CCOCCC1F. The second-order valence-corrected chi connectivity index (χ2v) is 2.65. The van der Waals surface area contributed by atoms with Gasteiger partial charge in [0.25, 0.3) is 0 Å². The van der Waals surface area contributed by atoms with E-state index in [1.54, 1.807) is 0 Å². The molecule has 3 nitrogen and oxygen atoms in total. The van der Waals surface area contributed by atoms with Crippen LogP contribution in [0.5, 0.6) is 0 Å². The molecule has 0 radical (unpaired) electrons. The lowest BCUT2D eigenvalue weighted by molar-refractivity contribution is -0.144. The van der Waals surface area contributed by atoms with Gasteiger partial charge in [-0.15, -0.1) is 0 Å². The van der Waals surface area contributed by atoms with Crippen LogP contribution in [0.15, 0.2) is 0 Å². The average molecular weight is 162 g/mol. The number of ether oxygens (including phenoxy) is 1. The number of carboxylic acid groups (broad SMARTS) is 1. The van der Waals surface area contributed by atoms with Gasteiger partial charge in [0.2, 0.25) is 0 Å². The van der Waals surface area contributed by atoms with Gasteiger partial charge in [0.05, 0.1) is 5.92 Å². The Labute approximate surface area is 64.2 Å². The zero-order valence-electron chi connectivity index (χ0n) is 6.12. The van der Waals surface area contributed by atoms with Gasteiger partial charge in [-0.1, -0.05) is 0 Å². The smallest absolute Gasteiger partial charge is 0.309 e. The molecule has 1 N–H and O–H groups in total. The molecule has 2 unspecified atom stereocenters. The number of carbonyl (C=O) groups is 1. The number of halogens is 1. The summed E-state index contributed by atoms with van der Waals surface area (Å²) in [5.41, 5.74) is 0. The van der Waals surface area contributed by atoms with Gasteiger partial charge in [-0.05, 0) is 6.42 Å². The Morgan fingerprint density at radius 1 is 1.45 bits per heavy atom. The van der Waals surface area contributed by atoms with Gasteiger partial charge in [0, 0.05) is 19.6 Å². The van der Waals surface area contributed by atoms with E-state index < -0.39 is 18.1 Å².